The number of ether oxygens (including phenoxy) is 1. The van der Waals surface area contributed by atoms with E-state index in [2.05, 4.69) is 10.00 Å². The van der Waals surface area contributed by atoms with Crippen molar-refractivity contribution in [3.05, 3.63) is 47.8 Å². The quantitative estimate of drug-likeness (QED) is 0.923. The number of nitrogens with zero attached hydrogens (tertiary/aromatic N) is 3. The molecule has 0 saturated heterocycles. The van der Waals surface area contributed by atoms with E-state index < -0.39 is 0 Å². The van der Waals surface area contributed by atoms with E-state index in [0.717, 1.165) is 30.8 Å². The number of para-hydroxylation sites is 1. The largest absolute Gasteiger partial charge is 0.492 e. The fraction of sp³-hybridized carbons (Fsp3) is 0.438. The van der Waals surface area contributed by atoms with Crippen molar-refractivity contribution in [3.63, 3.8) is 0 Å². The van der Waals surface area contributed by atoms with E-state index in [1.807, 2.05) is 48.3 Å². The van der Waals surface area contributed by atoms with Crippen LogP contribution in [-0.4, -0.2) is 46.1 Å². The fourth-order valence-corrected chi connectivity index (χ4v) is 2.90. The first kappa shape index (κ1) is 14.1. The second kappa shape index (κ2) is 6.28. The van der Waals surface area contributed by atoms with Gasteiger partial charge in [0.2, 0.25) is 0 Å². The predicted molar refractivity (Wildman–Crippen MR) is 80.2 cm³/mol. The Bertz CT molecular complexity index is 597. The molecule has 1 aliphatic heterocycles. The van der Waals surface area contributed by atoms with Gasteiger partial charge in [0.05, 0.1) is 12.6 Å². The Balaban J connectivity index is 1.77. The molecule has 1 aliphatic rings. The minimum absolute atomic E-state index is 0.00284. The second-order valence-electron chi connectivity index (χ2n) is 5.32. The summed E-state index contributed by atoms with van der Waals surface area (Å²) in [6.07, 6.45) is 2.73. The summed E-state index contributed by atoms with van der Waals surface area (Å²) in [6, 6.07) is 10.0. The van der Waals surface area contributed by atoms with Crippen molar-refractivity contribution in [1.82, 2.24) is 14.7 Å². The van der Waals surface area contributed by atoms with Crippen molar-refractivity contribution >= 4 is 0 Å². The van der Waals surface area contributed by atoms with Crippen LogP contribution in [0.2, 0.25) is 0 Å². The van der Waals surface area contributed by atoms with Crippen molar-refractivity contribution in [2.24, 2.45) is 7.05 Å². The number of aliphatic hydroxyl groups is 1. The van der Waals surface area contributed by atoms with Gasteiger partial charge in [-0.15, -0.1) is 0 Å². The summed E-state index contributed by atoms with van der Waals surface area (Å²) in [5, 5.41) is 14.0. The maximum atomic E-state index is 9.83. The van der Waals surface area contributed by atoms with Crippen molar-refractivity contribution < 1.29 is 9.84 Å². The molecule has 21 heavy (non-hydrogen) atoms. The molecule has 1 N–H and O–H groups in total. The van der Waals surface area contributed by atoms with Crippen molar-refractivity contribution in [1.29, 1.82) is 0 Å². The van der Waals surface area contributed by atoms with Gasteiger partial charge in [-0.3, -0.25) is 9.58 Å². The highest BCUT2D eigenvalue weighted by molar-refractivity contribution is 5.36. The molecular formula is C16H21N3O2. The molecule has 5 nitrogen and oxygen atoms in total. The first-order chi connectivity index (χ1) is 10.3. The minimum Gasteiger partial charge on any atom is -0.492 e. The molecule has 0 fully saturated rings. The summed E-state index contributed by atoms with van der Waals surface area (Å²) < 4.78 is 7.70. The molecular weight excluding hydrogens is 266 g/mol. The summed E-state index contributed by atoms with van der Waals surface area (Å²) in [5.41, 5.74) is 2.27. The van der Waals surface area contributed by atoms with Gasteiger partial charge in [0.15, 0.2) is 0 Å². The standard InChI is InChI=1S/C16H21N3O2/c1-18-13(6-8-17-18)7-9-19-10-11-21-16-5-3-2-4-14(16)15(19)12-20/h2-6,8,15,20H,7,9-12H2,1H3. The third-order valence-electron chi connectivity index (χ3n) is 4.11. The summed E-state index contributed by atoms with van der Waals surface area (Å²) in [7, 11) is 1.96. The Morgan fingerprint density at radius 3 is 2.95 bits per heavy atom. The Kier molecular flexibility index (Phi) is 4.22. The molecule has 1 atom stereocenters. The average molecular weight is 287 g/mol. The second-order valence-corrected chi connectivity index (χ2v) is 5.32. The number of aliphatic hydroxyl groups excluding tert-OH is 1. The van der Waals surface area contributed by atoms with Gasteiger partial charge in [0.25, 0.3) is 0 Å². The topological polar surface area (TPSA) is 50.5 Å². The molecule has 3 rings (SSSR count). The van der Waals surface area contributed by atoms with Crippen LogP contribution in [0.25, 0.3) is 0 Å². The molecule has 0 bridgehead atoms. The fourth-order valence-electron chi connectivity index (χ4n) is 2.90. The average Bonchev–Trinajstić information content (AvgIpc) is 2.82. The van der Waals surface area contributed by atoms with Gasteiger partial charge in [-0.05, 0) is 12.1 Å². The monoisotopic (exact) mass is 287 g/mol. The number of aromatic nitrogens is 2. The van der Waals surface area contributed by atoms with Crippen molar-refractivity contribution in [2.75, 3.05) is 26.3 Å². The zero-order valence-corrected chi connectivity index (χ0v) is 12.3. The van der Waals surface area contributed by atoms with Crippen LogP contribution in [-0.2, 0) is 13.5 Å². The zero-order valence-electron chi connectivity index (χ0n) is 12.3. The van der Waals surface area contributed by atoms with E-state index in [9.17, 15) is 5.11 Å². The van der Waals surface area contributed by atoms with Crippen LogP contribution in [0.3, 0.4) is 0 Å². The molecule has 0 saturated carbocycles. The Hall–Kier alpha value is -1.85. The van der Waals surface area contributed by atoms with E-state index >= 15 is 0 Å². The summed E-state index contributed by atoms with van der Waals surface area (Å²) in [5.74, 6) is 0.889. The molecule has 0 aliphatic carbocycles. The van der Waals surface area contributed by atoms with Crippen LogP contribution < -0.4 is 4.74 Å². The van der Waals surface area contributed by atoms with Gasteiger partial charge in [-0.1, -0.05) is 18.2 Å². The molecule has 2 heterocycles. The molecule has 0 spiro atoms. The maximum Gasteiger partial charge on any atom is 0.124 e. The lowest BCUT2D eigenvalue weighted by atomic mass is 10.0. The highest BCUT2D eigenvalue weighted by Crippen LogP contribution is 2.31. The Morgan fingerprint density at radius 1 is 1.33 bits per heavy atom. The summed E-state index contributed by atoms with van der Waals surface area (Å²) in [4.78, 5) is 2.29. The van der Waals surface area contributed by atoms with E-state index in [1.54, 1.807) is 0 Å². The van der Waals surface area contributed by atoms with Gasteiger partial charge < -0.3 is 9.84 Å². The van der Waals surface area contributed by atoms with E-state index in [4.69, 9.17) is 4.74 Å². The van der Waals surface area contributed by atoms with Crippen molar-refractivity contribution in [2.45, 2.75) is 12.5 Å². The number of fused-ring (bicyclic) bond motifs is 1. The zero-order chi connectivity index (χ0) is 14.7. The van der Waals surface area contributed by atoms with Crippen LogP contribution in [0.4, 0.5) is 0 Å². The smallest absolute Gasteiger partial charge is 0.124 e. The lowest BCUT2D eigenvalue weighted by Crippen LogP contribution is -2.34. The number of aryl methyl sites for hydroxylation is 1. The molecule has 1 aromatic carbocycles. The van der Waals surface area contributed by atoms with Crippen LogP contribution in [0.1, 0.15) is 17.3 Å². The molecule has 1 aromatic heterocycles. The number of hydrogen-bond acceptors (Lipinski definition) is 4. The van der Waals surface area contributed by atoms with Crippen LogP contribution in [0.5, 0.6) is 5.75 Å². The molecule has 5 heteroatoms. The first-order valence-electron chi connectivity index (χ1n) is 7.33. The maximum absolute atomic E-state index is 9.83. The Morgan fingerprint density at radius 2 is 2.19 bits per heavy atom. The highest BCUT2D eigenvalue weighted by atomic mass is 16.5. The Labute approximate surface area is 124 Å². The molecule has 112 valence electrons. The van der Waals surface area contributed by atoms with Crippen molar-refractivity contribution in [3.8, 4) is 5.75 Å². The van der Waals surface area contributed by atoms with Gasteiger partial charge in [-0.25, -0.2) is 0 Å². The molecule has 2 aromatic rings. The number of rotatable bonds is 4. The third-order valence-corrected chi connectivity index (χ3v) is 4.11. The third kappa shape index (κ3) is 2.94. The van der Waals surface area contributed by atoms with Crippen LogP contribution in [0, 0.1) is 0 Å². The highest BCUT2D eigenvalue weighted by Gasteiger charge is 2.25. The van der Waals surface area contributed by atoms with E-state index in [-0.39, 0.29) is 12.6 Å². The van der Waals surface area contributed by atoms with E-state index in [1.165, 1.54) is 5.69 Å². The normalized spacial score (nSPS) is 18.9. The minimum atomic E-state index is -0.00284. The first-order valence-corrected chi connectivity index (χ1v) is 7.33. The SMILES string of the molecule is Cn1nccc1CCN1CCOc2ccccc2C1CO. The molecule has 1 unspecified atom stereocenters. The predicted octanol–water partition coefficient (Wildman–Crippen LogP) is 1.39. The molecule has 0 amide bonds. The van der Waals surface area contributed by atoms with E-state index in [0.29, 0.717) is 6.61 Å². The summed E-state index contributed by atoms with van der Waals surface area (Å²) >= 11 is 0. The lowest BCUT2D eigenvalue weighted by molar-refractivity contribution is 0.121. The molecule has 0 radical (unpaired) electrons. The lowest BCUT2D eigenvalue weighted by Gasteiger charge is -2.28. The number of benzene rings is 1. The van der Waals surface area contributed by atoms with Gasteiger partial charge in [-0.2, -0.15) is 5.10 Å². The van der Waals surface area contributed by atoms with Crippen LogP contribution >= 0.6 is 0 Å². The van der Waals surface area contributed by atoms with Gasteiger partial charge in [0, 0.05) is 44.0 Å². The van der Waals surface area contributed by atoms with Gasteiger partial charge >= 0.3 is 0 Å². The summed E-state index contributed by atoms with van der Waals surface area (Å²) in [6.45, 7) is 2.45. The van der Waals surface area contributed by atoms with Crippen LogP contribution in [0.15, 0.2) is 36.5 Å². The van der Waals surface area contributed by atoms with Gasteiger partial charge in [0.1, 0.15) is 12.4 Å². The number of hydrogen-bond donors (Lipinski definition) is 1.